The molecule has 0 spiro atoms. The molecule has 0 aliphatic heterocycles. The molecule has 0 heterocycles. The minimum Gasteiger partial charge on any atom is -0.103 e. The molecular weight excluding hydrogens is 240 g/mol. The molecule has 0 aromatic heterocycles. The molecule has 0 rings (SSSR count). The number of rotatable bonds is 13. The number of hydrogen-bond donors (Lipinski definition) is 0. The van der Waals surface area contributed by atoms with Gasteiger partial charge in [-0.2, -0.15) is 0 Å². The van der Waals surface area contributed by atoms with Crippen molar-refractivity contribution in [1.82, 2.24) is 0 Å². The average molecular weight is 279 g/mol. The lowest BCUT2D eigenvalue weighted by Gasteiger charge is -2.25. The number of unbranched alkanes of at least 4 members (excludes halogenated alkanes) is 5. The molecule has 1 atom stereocenters. The second kappa shape index (κ2) is 12.2. The smallest absolute Gasteiger partial charge is 0.0146 e. The molecule has 0 heteroatoms. The maximum Gasteiger partial charge on any atom is -0.0146 e. The zero-order valence-electron chi connectivity index (χ0n) is 14.6. The minimum absolute atomic E-state index is 0.341. The van der Waals surface area contributed by atoms with Crippen molar-refractivity contribution in [1.29, 1.82) is 0 Å². The van der Waals surface area contributed by atoms with Crippen LogP contribution in [0.1, 0.15) is 98.3 Å². The van der Waals surface area contributed by atoms with E-state index in [0.717, 1.165) is 0 Å². The lowest BCUT2D eigenvalue weighted by Crippen LogP contribution is -2.12. The molecule has 20 heavy (non-hydrogen) atoms. The Morgan fingerprint density at radius 2 is 1.60 bits per heavy atom. The predicted molar refractivity (Wildman–Crippen MR) is 94.2 cm³/mol. The largest absolute Gasteiger partial charge is 0.103 e. The SMILES string of the molecule is C=CC(C)(CCC=C(C)CCCCC)CCCCCC. The van der Waals surface area contributed by atoms with E-state index in [-0.39, 0.29) is 0 Å². The summed E-state index contributed by atoms with van der Waals surface area (Å²) in [6, 6.07) is 0. The second-order valence-corrected chi connectivity index (χ2v) is 6.72. The van der Waals surface area contributed by atoms with Crippen molar-refractivity contribution in [2.45, 2.75) is 98.3 Å². The van der Waals surface area contributed by atoms with Crippen molar-refractivity contribution < 1.29 is 0 Å². The van der Waals surface area contributed by atoms with Gasteiger partial charge in [-0.15, -0.1) is 6.58 Å². The first-order chi connectivity index (χ1) is 9.58. The van der Waals surface area contributed by atoms with Gasteiger partial charge in [0.1, 0.15) is 0 Å². The molecule has 0 saturated carbocycles. The van der Waals surface area contributed by atoms with Gasteiger partial charge in [0.2, 0.25) is 0 Å². The van der Waals surface area contributed by atoms with Crippen LogP contribution in [0.25, 0.3) is 0 Å². The van der Waals surface area contributed by atoms with Crippen molar-refractivity contribution in [2.24, 2.45) is 5.41 Å². The average Bonchev–Trinajstić information content (AvgIpc) is 2.44. The van der Waals surface area contributed by atoms with Crippen LogP contribution in [0, 0.1) is 5.41 Å². The molecule has 0 saturated heterocycles. The van der Waals surface area contributed by atoms with Crippen LogP contribution in [0.3, 0.4) is 0 Å². The first-order valence-electron chi connectivity index (χ1n) is 8.87. The highest BCUT2D eigenvalue weighted by Crippen LogP contribution is 2.31. The van der Waals surface area contributed by atoms with Crippen molar-refractivity contribution >= 4 is 0 Å². The van der Waals surface area contributed by atoms with E-state index < -0.39 is 0 Å². The molecule has 0 nitrogen and oxygen atoms in total. The van der Waals surface area contributed by atoms with E-state index in [4.69, 9.17) is 0 Å². The van der Waals surface area contributed by atoms with Gasteiger partial charge in [0.15, 0.2) is 0 Å². The number of hydrogen-bond acceptors (Lipinski definition) is 0. The van der Waals surface area contributed by atoms with Gasteiger partial charge in [0.05, 0.1) is 0 Å². The zero-order chi connectivity index (χ0) is 15.3. The van der Waals surface area contributed by atoms with Crippen LogP contribution >= 0.6 is 0 Å². The molecule has 118 valence electrons. The summed E-state index contributed by atoms with van der Waals surface area (Å²) in [7, 11) is 0. The van der Waals surface area contributed by atoms with Crippen LogP contribution in [-0.2, 0) is 0 Å². The van der Waals surface area contributed by atoms with Crippen molar-refractivity contribution in [3.8, 4) is 0 Å². The van der Waals surface area contributed by atoms with Crippen molar-refractivity contribution in [2.75, 3.05) is 0 Å². The number of allylic oxidation sites excluding steroid dienone is 3. The molecule has 0 aromatic rings. The summed E-state index contributed by atoms with van der Waals surface area (Å²) < 4.78 is 0. The van der Waals surface area contributed by atoms with Gasteiger partial charge >= 0.3 is 0 Å². The third-order valence-corrected chi connectivity index (χ3v) is 4.48. The molecule has 0 aliphatic rings. The predicted octanol–water partition coefficient (Wildman–Crippen LogP) is 7.46. The Kier molecular flexibility index (Phi) is 11.9. The van der Waals surface area contributed by atoms with Gasteiger partial charge < -0.3 is 0 Å². The fourth-order valence-corrected chi connectivity index (χ4v) is 2.69. The van der Waals surface area contributed by atoms with Crippen LogP contribution in [0.2, 0.25) is 0 Å². The monoisotopic (exact) mass is 278 g/mol. The van der Waals surface area contributed by atoms with Gasteiger partial charge in [-0.25, -0.2) is 0 Å². The third kappa shape index (κ3) is 10.3. The Hall–Kier alpha value is -0.520. The van der Waals surface area contributed by atoms with E-state index >= 15 is 0 Å². The van der Waals surface area contributed by atoms with E-state index in [1.54, 1.807) is 5.57 Å². The Morgan fingerprint density at radius 3 is 2.20 bits per heavy atom. The van der Waals surface area contributed by atoms with Gasteiger partial charge in [-0.3, -0.25) is 0 Å². The van der Waals surface area contributed by atoms with E-state index in [2.05, 4.69) is 46.4 Å². The Bertz CT molecular complexity index is 261. The van der Waals surface area contributed by atoms with E-state index in [9.17, 15) is 0 Å². The first kappa shape index (κ1) is 19.5. The van der Waals surface area contributed by atoms with E-state index in [0.29, 0.717) is 5.41 Å². The zero-order valence-corrected chi connectivity index (χ0v) is 14.6. The molecule has 0 amide bonds. The molecular formula is C20H38. The molecule has 0 bridgehead atoms. The summed E-state index contributed by atoms with van der Waals surface area (Å²) >= 11 is 0. The molecule has 0 radical (unpaired) electrons. The molecule has 0 fully saturated rings. The normalized spacial score (nSPS) is 15.1. The first-order valence-corrected chi connectivity index (χ1v) is 8.87. The third-order valence-electron chi connectivity index (χ3n) is 4.48. The maximum atomic E-state index is 4.07. The molecule has 0 aromatic carbocycles. The van der Waals surface area contributed by atoms with Gasteiger partial charge in [0, 0.05) is 0 Å². The summed E-state index contributed by atoms with van der Waals surface area (Å²) in [6.07, 6.45) is 19.2. The van der Waals surface area contributed by atoms with Crippen LogP contribution in [0.4, 0.5) is 0 Å². The highest BCUT2D eigenvalue weighted by atomic mass is 14.2. The fraction of sp³-hybridized carbons (Fsp3) is 0.800. The van der Waals surface area contributed by atoms with E-state index in [1.165, 1.54) is 70.6 Å². The Morgan fingerprint density at radius 1 is 0.950 bits per heavy atom. The van der Waals surface area contributed by atoms with Gasteiger partial charge in [-0.05, 0) is 44.4 Å². The maximum absolute atomic E-state index is 4.07. The van der Waals surface area contributed by atoms with Crippen molar-refractivity contribution in [3.63, 3.8) is 0 Å². The van der Waals surface area contributed by atoms with Crippen molar-refractivity contribution in [3.05, 3.63) is 24.3 Å². The molecule has 1 unspecified atom stereocenters. The lowest BCUT2D eigenvalue weighted by molar-refractivity contribution is 0.346. The standard InChI is InChI=1S/C20H38/c1-6-9-11-13-17-20(5,8-3)18-14-16-19(4)15-12-10-7-2/h8,16H,3,6-7,9-15,17-18H2,1-2,4-5H3. The van der Waals surface area contributed by atoms with Crippen LogP contribution in [-0.4, -0.2) is 0 Å². The second-order valence-electron chi connectivity index (χ2n) is 6.72. The lowest BCUT2D eigenvalue weighted by atomic mass is 9.80. The summed E-state index contributed by atoms with van der Waals surface area (Å²) in [5, 5.41) is 0. The fourth-order valence-electron chi connectivity index (χ4n) is 2.69. The molecule has 0 N–H and O–H groups in total. The highest BCUT2D eigenvalue weighted by Gasteiger charge is 2.18. The summed E-state index contributed by atoms with van der Waals surface area (Å²) in [5.74, 6) is 0. The Balaban J connectivity index is 3.96. The highest BCUT2D eigenvalue weighted by molar-refractivity contribution is 5.00. The van der Waals surface area contributed by atoms with E-state index in [1.807, 2.05) is 0 Å². The van der Waals surface area contributed by atoms with Gasteiger partial charge in [0.25, 0.3) is 0 Å². The van der Waals surface area contributed by atoms with Crippen LogP contribution in [0.5, 0.6) is 0 Å². The summed E-state index contributed by atoms with van der Waals surface area (Å²) in [5.41, 5.74) is 1.92. The topological polar surface area (TPSA) is 0 Å². The summed E-state index contributed by atoms with van der Waals surface area (Å²) in [4.78, 5) is 0. The van der Waals surface area contributed by atoms with Crippen LogP contribution < -0.4 is 0 Å². The van der Waals surface area contributed by atoms with Crippen LogP contribution in [0.15, 0.2) is 24.3 Å². The van der Waals surface area contributed by atoms with Gasteiger partial charge in [-0.1, -0.05) is 77.0 Å². The Labute approximate surface area is 128 Å². The quantitative estimate of drug-likeness (QED) is 0.242. The molecule has 0 aliphatic carbocycles. The minimum atomic E-state index is 0.341. The summed E-state index contributed by atoms with van der Waals surface area (Å²) in [6.45, 7) is 13.3.